The van der Waals surface area contributed by atoms with Crippen molar-refractivity contribution >= 4 is 16.2 Å². The number of hydrogen-bond acceptors (Lipinski definition) is 4. The second-order valence-electron chi connectivity index (χ2n) is 6.36. The Balaban J connectivity index is 2.75. The van der Waals surface area contributed by atoms with Crippen molar-refractivity contribution in [3.63, 3.8) is 0 Å². The van der Waals surface area contributed by atoms with Crippen LogP contribution in [0.2, 0.25) is 18.1 Å². The van der Waals surface area contributed by atoms with E-state index in [0.717, 1.165) is 6.42 Å². The van der Waals surface area contributed by atoms with Crippen molar-refractivity contribution in [2.24, 2.45) is 5.92 Å². The molecule has 0 aromatic carbocycles. The molecule has 1 rings (SSSR count). The first-order valence-electron chi connectivity index (χ1n) is 6.27. The van der Waals surface area contributed by atoms with Crippen LogP contribution in [0.3, 0.4) is 0 Å². The zero-order valence-electron chi connectivity index (χ0n) is 11.5. The molecule has 6 heteroatoms. The van der Waals surface area contributed by atoms with E-state index in [1.807, 2.05) is 34.8 Å². The fourth-order valence-electron chi connectivity index (χ4n) is 2.29. The summed E-state index contributed by atoms with van der Waals surface area (Å²) in [5, 5.41) is 19.0. The van der Waals surface area contributed by atoms with Gasteiger partial charge in [-0.05, 0) is 24.6 Å². The number of aliphatic hydroxyl groups excluding tert-OH is 2. The van der Waals surface area contributed by atoms with Crippen LogP contribution >= 0.6 is 0 Å². The smallest absolute Gasteiger partial charge is 0.188 e. The summed E-state index contributed by atoms with van der Waals surface area (Å²) in [7, 11) is -0.351. The zero-order chi connectivity index (χ0) is 13.4. The van der Waals surface area contributed by atoms with Gasteiger partial charge >= 0.3 is 0 Å². The molecule has 1 heterocycles. The minimum Gasteiger partial charge on any atom is -0.432 e. The van der Waals surface area contributed by atoms with Gasteiger partial charge in [0, 0.05) is 11.9 Å². The molecule has 17 heavy (non-hydrogen) atoms. The molecule has 1 unspecified atom stereocenters. The molecule has 4 nitrogen and oxygen atoms in total. The molecular formula is C11H25BO4Si. The Bertz CT molecular complexity index is 267. The Morgan fingerprint density at radius 1 is 1.35 bits per heavy atom. The summed E-state index contributed by atoms with van der Waals surface area (Å²) in [5.74, 6) is -0.0129. The third-order valence-corrected chi connectivity index (χ3v) is 7.91. The molecule has 0 radical (unpaired) electrons. The molecule has 0 aliphatic carbocycles. The van der Waals surface area contributed by atoms with Crippen LogP contribution in [0.5, 0.6) is 0 Å². The van der Waals surface area contributed by atoms with Gasteiger partial charge in [-0.3, -0.25) is 0 Å². The Kier molecular flexibility index (Phi) is 4.48. The Morgan fingerprint density at radius 2 is 1.88 bits per heavy atom. The predicted molar refractivity (Wildman–Crippen MR) is 72.1 cm³/mol. The fraction of sp³-hybridized carbons (Fsp3) is 1.00. The molecule has 0 aromatic rings. The molecule has 0 aromatic heterocycles. The first kappa shape index (κ1) is 15.2. The number of rotatable bonds is 4. The van der Waals surface area contributed by atoms with Crippen molar-refractivity contribution in [1.82, 2.24) is 0 Å². The van der Waals surface area contributed by atoms with Crippen LogP contribution in [-0.4, -0.2) is 56.0 Å². The molecule has 1 aliphatic heterocycles. The van der Waals surface area contributed by atoms with Gasteiger partial charge < -0.3 is 19.7 Å². The van der Waals surface area contributed by atoms with E-state index in [2.05, 4.69) is 0 Å². The van der Waals surface area contributed by atoms with Crippen molar-refractivity contribution in [2.75, 3.05) is 6.61 Å². The van der Waals surface area contributed by atoms with Crippen LogP contribution in [0.1, 0.15) is 20.3 Å². The van der Waals surface area contributed by atoms with E-state index in [-0.39, 0.29) is 23.6 Å². The second-order valence-corrected chi connectivity index (χ2v) is 10.8. The lowest BCUT2D eigenvalue weighted by Crippen LogP contribution is -2.43. The molecular weight excluding hydrogens is 235 g/mol. The average Bonchev–Trinajstić information content (AvgIpc) is 2.43. The highest BCUT2D eigenvalue weighted by molar-refractivity contribution is 6.72. The highest BCUT2D eigenvalue weighted by atomic mass is 28.4. The van der Waals surface area contributed by atoms with Crippen molar-refractivity contribution in [3.8, 4) is 0 Å². The Hall–Kier alpha value is 0.122. The second kappa shape index (κ2) is 5.01. The summed E-state index contributed by atoms with van der Waals surface area (Å²) >= 11 is 0. The molecule has 1 saturated heterocycles. The van der Waals surface area contributed by atoms with E-state index in [9.17, 15) is 9.90 Å². The number of hydrogen-bond donors (Lipinski definition) is 3. The summed E-state index contributed by atoms with van der Waals surface area (Å²) in [6, 6.07) is -0.0715. The van der Waals surface area contributed by atoms with E-state index in [1.54, 1.807) is 0 Å². The molecule has 100 valence electrons. The minimum absolute atomic E-state index is 0.0129. The first-order valence-corrected chi connectivity index (χ1v) is 9.21. The highest BCUT2D eigenvalue weighted by Gasteiger charge is 2.47. The first-order chi connectivity index (χ1) is 7.60. The van der Waals surface area contributed by atoms with Crippen LogP contribution in [0.4, 0.5) is 0 Å². The van der Waals surface area contributed by atoms with Gasteiger partial charge in [0.2, 0.25) is 0 Å². The quantitative estimate of drug-likeness (QED) is 0.606. The van der Waals surface area contributed by atoms with Gasteiger partial charge in [-0.1, -0.05) is 13.8 Å². The van der Waals surface area contributed by atoms with Crippen molar-refractivity contribution < 1.29 is 19.7 Å². The van der Waals surface area contributed by atoms with Gasteiger partial charge in [-0.25, -0.2) is 0 Å². The topological polar surface area (TPSA) is 69.9 Å². The maximum absolute atomic E-state index is 10.3. The fourth-order valence-corrected chi connectivity index (χ4v) is 3.02. The monoisotopic (exact) mass is 260 g/mol. The van der Waals surface area contributed by atoms with E-state index < -0.39 is 20.5 Å². The molecule has 3 N–H and O–H groups in total. The summed E-state index contributed by atoms with van der Waals surface area (Å²) in [6.07, 6.45) is -0.387. The molecule has 1 fully saturated rings. The lowest BCUT2D eigenvalue weighted by Gasteiger charge is -2.38. The van der Waals surface area contributed by atoms with E-state index in [4.69, 9.17) is 9.84 Å². The van der Waals surface area contributed by atoms with Crippen LogP contribution in [0, 0.1) is 5.92 Å². The molecule has 0 saturated carbocycles. The summed E-state index contributed by atoms with van der Waals surface area (Å²) in [4.78, 5) is 10.3. The minimum atomic E-state index is -2.27. The lowest BCUT2D eigenvalue weighted by molar-refractivity contribution is -0.00532. The largest absolute Gasteiger partial charge is 0.432 e. The van der Waals surface area contributed by atoms with Gasteiger partial charge in [0.05, 0.1) is 12.7 Å². The average molecular weight is 260 g/mol. The van der Waals surface area contributed by atoms with Crippen molar-refractivity contribution in [1.29, 1.82) is 0 Å². The summed E-state index contributed by atoms with van der Waals surface area (Å²) in [5.41, 5.74) is 0. The van der Waals surface area contributed by atoms with Crippen molar-refractivity contribution in [2.45, 2.75) is 56.6 Å². The van der Waals surface area contributed by atoms with Gasteiger partial charge in [0.15, 0.2) is 8.32 Å². The third-order valence-electron chi connectivity index (χ3n) is 4.39. The van der Waals surface area contributed by atoms with Crippen LogP contribution in [-0.2, 0) is 4.74 Å². The predicted octanol–water partition coefficient (Wildman–Crippen LogP) is -0.319. The molecule has 0 amide bonds. The molecule has 0 bridgehead atoms. The van der Waals surface area contributed by atoms with Crippen LogP contribution < -0.4 is 0 Å². The zero-order valence-corrected chi connectivity index (χ0v) is 12.5. The SMILES string of the molecule is B[C@@H]1O[C@H](CO)C(O)[C@@H]1CC(C)(C)[Si](C)(C)O. The molecule has 1 aliphatic rings. The van der Waals surface area contributed by atoms with E-state index >= 15 is 0 Å². The normalized spacial score (nSPS) is 35.2. The molecule has 4 atom stereocenters. The maximum atomic E-state index is 10.3. The van der Waals surface area contributed by atoms with Gasteiger partial charge in [0.1, 0.15) is 14.0 Å². The number of ether oxygens (including phenoxy) is 1. The Morgan fingerprint density at radius 3 is 2.24 bits per heavy atom. The molecule has 0 spiro atoms. The van der Waals surface area contributed by atoms with Gasteiger partial charge in [-0.2, -0.15) is 0 Å². The summed E-state index contributed by atoms with van der Waals surface area (Å²) < 4.78 is 5.53. The lowest BCUT2D eigenvalue weighted by atomic mass is 9.79. The van der Waals surface area contributed by atoms with Crippen molar-refractivity contribution in [3.05, 3.63) is 0 Å². The summed E-state index contributed by atoms with van der Waals surface area (Å²) in [6.45, 7) is 7.78. The number of aliphatic hydroxyl groups is 2. The van der Waals surface area contributed by atoms with Gasteiger partial charge in [-0.15, -0.1) is 0 Å². The van der Waals surface area contributed by atoms with E-state index in [0.29, 0.717) is 0 Å². The highest BCUT2D eigenvalue weighted by Crippen LogP contribution is 2.45. The maximum Gasteiger partial charge on any atom is 0.188 e. The standard InChI is InChI=1S/C11H25BO4Si/c1-11(2,17(3,4)15)5-7-9(14)8(6-13)16-10(7)12/h7-10,13-15H,5-6,12H2,1-4H3/t7-,8+,9?,10+/m0/s1. The van der Waals surface area contributed by atoms with Gasteiger partial charge in [0.25, 0.3) is 0 Å². The van der Waals surface area contributed by atoms with E-state index in [1.165, 1.54) is 0 Å². The third kappa shape index (κ3) is 3.12. The van der Waals surface area contributed by atoms with Crippen LogP contribution in [0.15, 0.2) is 0 Å². The van der Waals surface area contributed by atoms with Crippen LogP contribution in [0.25, 0.3) is 0 Å². The Labute approximate surface area is 106 Å².